The smallest absolute Gasteiger partial charge is 0.409 e. The monoisotopic (exact) mass is 350 g/mol. The topological polar surface area (TPSA) is 92.8 Å². The predicted molar refractivity (Wildman–Crippen MR) is 93.7 cm³/mol. The number of anilines is 1. The Labute approximate surface area is 147 Å². The summed E-state index contributed by atoms with van der Waals surface area (Å²) < 4.78 is 9.96. The van der Waals surface area contributed by atoms with Crippen LogP contribution in [0.1, 0.15) is 30.3 Å². The molecule has 0 unspecified atom stereocenters. The molecule has 8 nitrogen and oxygen atoms in total. The number of ether oxygens (including phenoxy) is 2. The highest BCUT2D eigenvalue weighted by molar-refractivity contribution is 5.92. The predicted octanol–water partition coefficient (Wildman–Crippen LogP) is 1.49. The van der Waals surface area contributed by atoms with E-state index in [2.05, 4.69) is 15.6 Å². The van der Waals surface area contributed by atoms with Crippen LogP contribution in [-0.2, 0) is 9.47 Å². The van der Waals surface area contributed by atoms with Crippen LogP contribution in [0.5, 0.6) is 0 Å². The molecule has 1 aromatic rings. The van der Waals surface area contributed by atoms with Crippen LogP contribution < -0.4 is 10.6 Å². The normalized spacial score (nSPS) is 14.9. The first-order valence-corrected chi connectivity index (χ1v) is 8.55. The van der Waals surface area contributed by atoms with Gasteiger partial charge < -0.3 is 25.0 Å². The number of rotatable bonds is 7. The Kier molecular flexibility index (Phi) is 7.46. The fourth-order valence-electron chi connectivity index (χ4n) is 2.61. The van der Waals surface area contributed by atoms with Crippen LogP contribution in [0.3, 0.4) is 0 Å². The van der Waals surface area contributed by atoms with Crippen molar-refractivity contribution < 1.29 is 19.1 Å². The van der Waals surface area contributed by atoms with Crippen molar-refractivity contribution in [3.63, 3.8) is 0 Å². The Balaban J connectivity index is 1.77. The molecule has 8 heteroatoms. The number of carbonyl (C=O) groups excluding carboxylic acids is 2. The van der Waals surface area contributed by atoms with E-state index < -0.39 is 0 Å². The molecule has 1 aliphatic rings. The van der Waals surface area contributed by atoms with E-state index >= 15 is 0 Å². The summed E-state index contributed by atoms with van der Waals surface area (Å²) >= 11 is 0. The highest BCUT2D eigenvalue weighted by Crippen LogP contribution is 2.13. The molecule has 2 heterocycles. The van der Waals surface area contributed by atoms with Gasteiger partial charge in [0.2, 0.25) is 0 Å². The summed E-state index contributed by atoms with van der Waals surface area (Å²) in [6.45, 7) is 4.61. The van der Waals surface area contributed by atoms with Crippen LogP contribution >= 0.6 is 0 Å². The molecule has 138 valence electrons. The highest BCUT2D eigenvalue weighted by Gasteiger charge is 2.25. The lowest BCUT2D eigenvalue weighted by atomic mass is 10.1. The van der Waals surface area contributed by atoms with Gasteiger partial charge >= 0.3 is 6.09 Å². The third-order valence-electron chi connectivity index (χ3n) is 3.99. The van der Waals surface area contributed by atoms with Crippen molar-refractivity contribution in [3.8, 4) is 0 Å². The van der Waals surface area contributed by atoms with Crippen molar-refractivity contribution in [2.24, 2.45) is 0 Å². The minimum atomic E-state index is -0.287. The highest BCUT2D eigenvalue weighted by atomic mass is 16.6. The van der Waals surface area contributed by atoms with Gasteiger partial charge in [-0.1, -0.05) is 0 Å². The first-order chi connectivity index (χ1) is 12.1. The number of amides is 2. The van der Waals surface area contributed by atoms with E-state index in [1.807, 2.05) is 6.07 Å². The van der Waals surface area contributed by atoms with Crippen LogP contribution in [-0.4, -0.2) is 67.9 Å². The molecule has 1 aromatic heterocycles. The lowest BCUT2D eigenvalue weighted by molar-refractivity contribution is 0.0856. The minimum absolute atomic E-state index is 0.0412. The molecule has 0 saturated carbocycles. The molecular formula is C17H26N4O4. The lowest BCUT2D eigenvalue weighted by Crippen LogP contribution is -2.46. The molecule has 1 fully saturated rings. The Bertz CT molecular complexity index is 556. The van der Waals surface area contributed by atoms with E-state index in [0.717, 1.165) is 5.69 Å². The van der Waals surface area contributed by atoms with Crippen molar-refractivity contribution in [1.82, 2.24) is 15.2 Å². The fraction of sp³-hybridized carbons (Fsp3) is 0.588. The number of aromatic nitrogens is 1. The summed E-state index contributed by atoms with van der Waals surface area (Å²) in [5.41, 5.74) is 1.22. The number of hydrogen-bond acceptors (Lipinski definition) is 6. The maximum absolute atomic E-state index is 12.3. The van der Waals surface area contributed by atoms with Crippen molar-refractivity contribution in [3.05, 3.63) is 24.0 Å². The minimum Gasteiger partial charge on any atom is -0.450 e. The van der Waals surface area contributed by atoms with Crippen LogP contribution in [0, 0.1) is 0 Å². The molecule has 1 aliphatic heterocycles. The maximum Gasteiger partial charge on any atom is 0.409 e. The van der Waals surface area contributed by atoms with Gasteiger partial charge in [-0.3, -0.25) is 4.79 Å². The van der Waals surface area contributed by atoms with Crippen LogP contribution in [0.2, 0.25) is 0 Å². The van der Waals surface area contributed by atoms with Crippen LogP contribution in [0.15, 0.2) is 18.3 Å². The van der Waals surface area contributed by atoms with Crippen molar-refractivity contribution in [2.75, 3.05) is 45.3 Å². The average molecular weight is 350 g/mol. The van der Waals surface area contributed by atoms with Gasteiger partial charge in [-0.2, -0.15) is 0 Å². The van der Waals surface area contributed by atoms with Crippen molar-refractivity contribution in [2.45, 2.75) is 25.8 Å². The number of piperidine rings is 1. The molecule has 2 rings (SSSR count). The molecule has 25 heavy (non-hydrogen) atoms. The number of hydrogen-bond donors (Lipinski definition) is 2. The van der Waals surface area contributed by atoms with Gasteiger partial charge in [0.1, 0.15) is 5.69 Å². The molecule has 0 aliphatic carbocycles. The summed E-state index contributed by atoms with van der Waals surface area (Å²) in [4.78, 5) is 29.8. The largest absolute Gasteiger partial charge is 0.450 e. The van der Waals surface area contributed by atoms with Gasteiger partial charge in [0.15, 0.2) is 0 Å². The Morgan fingerprint density at radius 3 is 2.68 bits per heavy atom. The summed E-state index contributed by atoms with van der Waals surface area (Å²) in [6, 6.07) is 3.55. The van der Waals surface area contributed by atoms with Crippen molar-refractivity contribution >= 4 is 17.7 Å². The third kappa shape index (κ3) is 5.90. The Morgan fingerprint density at radius 2 is 2.08 bits per heavy atom. The van der Waals surface area contributed by atoms with Gasteiger partial charge in [0.05, 0.1) is 25.1 Å². The molecule has 0 aromatic carbocycles. The zero-order valence-electron chi connectivity index (χ0n) is 14.8. The van der Waals surface area contributed by atoms with Gasteiger partial charge in [-0.25, -0.2) is 9.78 Å². The van der Waals surface area contributed by atoms with E-state index in [4.69, 9.17) is 9.47 Å². The molecule has 0 radical (unpaired) electrons. The standard InChI is InChI=1S/C17H26N4O4/c1-3-25-17(23)21-9-6-13(7-10-21)20-16(22)15-5-4-14(12-19-15)18-8-11-24-2/h4-5,12-13,18H,3,6-11H2,1-2H3,(H,20,22). The maximum atomic E-state index is 12.3. The molecule has 0 atom stereocenters. The van der Waals surface area contributed by atoms with E-state index in [9.17, 15) is 9.59 Å². The number of pyridine rings is 1. The third-order valence-corrected chi connectivity index (χ3v) is 3.99. The van der Waals surface area contributed by atoms with E-state index in [0.29, 0.717) is 51.4 Å². The molecule has 0 bridgehead atoms. The van der Waals surface area contributed by atoms with Crippen molar-refractivity contribution in [1.29, 1.82) is 0 Å². The second-order valence-electron chi connectivity index (χ2n) is 5.79. The summed E-state index contributed by atoms with van der Waals surface area (Å²) in [5.74, 6) is -0.196. The zero-order chi connectivity index (χ0) is 18.1. The zero-order valence-corrected chi connectivity index (χ0v) is 14.8. The SMILES string of the molecule is CCOC(=O)N1CCC(NC(=O)c2ccc(NCCOC)cn2)CC1. The summed E-state index contributed by atoms with van der Waals surface area (Å²) in [5, 5.41) is 6.13. The van der Waals surface area contributed by atoms with Gasteiger partial charge in [0.25, 0.3) is 5.91 Å². The van der Waals surface area contributed by atoms with Crippen LogP contribution in [0.4, 0.5) is 10.5 Å². The van der Waals surface area contributed by atoms with Gasteiger partial charge in [0, 0.05) is 32.8 Å². The Morgan fingerprint density at radius 1 is 1.32 bits per heavy atom. The average Bonchev–Trinajstić information content (AvgIpc) is 2.63. The molecule has 2 amide bonds. The second kappa shape index (κ2) is 9.83. The summed E-state index contributed by atoms with van der Waals surface area (Å²) in [6.07, 6.45) is 2.77. The fourth-order valence-corrected chi connectivity index (χ4v) is 2.61. The van der Waals surface area contributed by atoms with E-state index in [1.165, 1.54) is 0 Å². The quantitative estimate of drug-likeness (QED) is 0.724. The van der Waals surface area contributed by atoms with E-state index in [-0.39, 0.29) is 18.0 Å². The van der Waals surface area contributed by atoms with E-state index in [1.54, 1.807) is 31.2 Å². The molecule has 0 spiro atoms. The van der Waals surface area contributed by atoms with Crippen LogP contribution in [0.25, 0.3) is 0 Å². The molecular weight excluding hydrogens is 324 g/mol. The molecule has 2 N–H and O–H groups in total. The number of nitrogens with zero attached hydrogens (tertiary/aromatic N) is 2. The molecule has 1 saturated heterocycles. The number of methoxy groups -OCH3 is 1. The first-order valence-electron chi connectivity index (χ1n) is 8.55. The number of nitrogens with one attached hydrogen (secondary N) is 2. The second-order valence-corrected chi connectivity index (χ2v) is 5.79. The first kappa shape index (κ1) is 19.0. The lowest BCUT2D eigenvalue weighted by Gasteiger charge is -2.31. The number of likely N-dealkylation sites (tertiary alicyclic amines) is 1. The van der Waals surface area contributed by atoms with Gasteiger partial charge in [-0.05, 0) is 31.9 Å². The van der Waals surface area contributed by atoms with Gasteiger partial charge in [-0.15, -0.1) is 0 Å². The number of carbonyl (C=O) groups is 2. The Hall–Kier alpha value is -2.35. The summed E-state index contributed by atoms with van der Waals surface area (Å²) in [7, 11) is 1.64.